The third-order valence-corrected chi connectivity index (χ3v) is 6.42. The molecule has 34 heavy (non-hydrogen) atoms. The van der Waals surface area contributed by atoms with Gasteiger partial charge in [-0.2, -0.15) is 5.26 Å². The molecule has 176 valence electrons. The second-order valence-corrected chi connectivity index (χ2v) is 8.08. The van der Waals surface area contributed by atoms with Gasteiger partial charge in [0, 0.05) is 49.2 Å². The van der Waals surface area contributed by atoms with Crippen molar-refractivity contribution in [2.45, 2.75) is 39.5 Å². The normalized spacial score (nSPS) is 15.5. The number of benzene rings is 1. The summed E-state index contributed by atoms with van der Waals surface area (Å²) >= 11 is 0. The van der Waals surface area contributed by atoms with E-state index in [1.165, 1.54) is 12.1 Å². The van der Waals surface area contributed by atoms with E-state index in [4.69, 9.17) is 0 Å². The molecule has 1 saturated heterocycles. The Bertz CT molecular complexity index is 1170. The Balaban J connectivity index is 0.00000158. The molecule has 5 nitrogen and oxygen atoms in total. The van der Waals surface area contributed by atoms with Crippen molar-refractivity contribution in [3.05, 3.63) is 83.8 Å². The number of hydrogen-bond acceptors (Lipinski definition) is 4. The van der Waals surface area contributed by atoms with Gasteiger partial charge in [-0.05, 0) is 48.7 Å². The highest BCUT2D eigenvalue weighted by molar-refractivity contribution is 5.99. The van der Waals surface area contributed by atoms with Crippen LogP contribution in [0.3, 0.4) is 0 Å². The Morgan fingerprint density at radius 1 is 1.09 bits per heavy atom. The van der Waals surface area contributed by atoms with Crippen LogP contribution in [0, 0.1) is 28.4 Å². The number of likely N-dealkylation sites (tertiary alicyclic amines) is 1. The van der Waals surface area contributed by atoms with E-state index in [-0.39, 0.29) is 5.91 Å². The number of piperidine rings is 1. The number of carbonyl (C=O) groups is 1. The number of hydrogen-bond donors (Lipinski definition) is 0. The van der Waals surface area contributed by atoms with Crippen LogP contribution in [-0.4, -0.2) is 33.9 Å². The van der Waals surface area contributed by atoms with Crippen molar-refractivity contribution < 1.29 is 13.6 Å². The summed E-state index contributed by atoms with van der Waals surface area (Å²) in [5.41, 5.74) is 1.35. The van der Waals surface area contributed by atoms with Gasteiger partial charge in [-0.25, -0.2) is 8.78 Å². The minimum atomic E-state index is -0.835. The Hall–Kier alpha value is -3.66. The smallest absolute Gasteiger partial charge is 0.256 e. The molecular formula is C27H28F2N4O. The van der Waals surface area contributed by atoms with Crippen molar-refractivity contribution in [2.75, 3.05) is 13.1 Å². The van der Waals surface area contributed by atoms with Gasteiger partial charge in [0.25, 0.3) is 5.91 Å². The van der Waals surface area contributed by atoms with Crippen molar-refractivity contribution in [3.63, 3.8) is 0 Å². The summed E-state index contributed by atoms with van der Waals surface area (Å²) in [6.07, 6.45) is 5.74. The summed E-state index contributed by atoms with van der Waals surface area (Å²) in [6, 6.07) is 12.9. The lowest BCUT2D eigenvalue weighted by atomic mass is 9.68. The average molecular weight is 463 g/mol. The molecule has 7 heteroatoms. The topological polar surface area (TPSA) is 69.9 Å². The van der Waals surface area contributed by atoms with Crippen molar-refractivity contribution >= 4 is 5.91 Å². The van der Waals surface area contributed by atoms with Crippen LogP contribution in [0.1, 0.15) is 55.5 Å². The Morgan fingerprint density at radius 3 is 2.38 bits per heavy atom. The van der Waals surface area contributed by atoms with Gasteiger partial charge in [0.15, 0.2) is 0 Å². The van der Waals surface area contributed by atoms with E-state index in [0.717, 1.165) is 11.6 Å². The molecule has 3 aromatic rings. The van der Waals surface area contributed by atoms with Gasteiger partial charge in [0.05, 0.1) is 22.7 Å². The molecule has 1 unspecified atom stereocenters. The van der Waals surface area contributed by atoms with Crippen LogP contribution in [0.4, 0.5) is 8.78 Å². The molecule has 0 bridgehead atoms. The number of nitriles is 1. The zero-order valence-corrected chi connectivity index (χ0v) is 19.6. The Labute approximate surface area is 199 Å². The molecule has 1 atom stereocenters. The molecule has 1 aliphatic rings. The van der Waals surface area contributed by atoms with Gasteiger partial charge in [-0.3, -0.25) is 14.8 Å². The minimum absolute atomic E-state index is 0.155. The fraction of sp³-hybridized carbons (Fsp3) is 0.333. The number of pyridine rings is 2. The lowest BCUT2D eigenvalue weighted by Gasteiger charge is -2.41. The molecule has 1 aliphatic heterocycles. The van der Waals surface area contributed by atoms with E-state index in [9.17, 15) is 18.8 Å². The summed E-state index contributed by atoms with van der Waals surface area (Å²) in [5, 5.41) is 9.99. The van der Waals surface area contributed by atoms with E-state index < -0.39 is 23.0 Å². The Morgan fingerprint density at radius 2 is 1.76 bits per heavy atom. The van der Waals surface area contributed by atoms with Crippen molar-refractivity contribution in [3.8, 4) is 17.3 Å². The van der Waals surface area contributed by atoms with Crippen LogP contribution < -0.4 is 0 Å². The monoisotopic (exact) mass is 462 g/mol. The average Bonchev–Trinajstić information content (AvgIpc) is 2.89. The number of nitrogens with zero attached hydrogens (tertiary/aromatic N) is 4. The maximum atomic E-state index is 14.4. The fourth-order valence-corrected chi connectivity index (χ4v) is 4.39. The molecule has 2 aromatic heterocycles. The third-order valence-electron chi connectivity index (χ3n) is 6.42. The maximum Gasteiger partial charge on any atom is 0.256 e. The summed E-state index contributed by atoms with van der Waals surface area (Å²) in [5.74, 6) is -1.89. The molecular weight excluding hydrogens is 434 g/mol. The van der Waals surface area contributed by atoms with Crippen molar-refractivity contribution in [1.29, 1.82) is 5.26 Å². The predicted molar refractivity (Wildman–Crippen MR) is 127 cm³/mol. The molecule has 0 saturated carbocycles. The highest BCUT2D eigenvalue weighted by Gasteiger charge is 2.42. The summed E-state index contributed by atoms with van der Waals surface area (Å²) in [4.78, 5) is 23.4. The number of rotatable bonds is 4. The van der Waals surface area contributed by atoms with Crippen molar-refractivity contribution in [2.24, 2.45) is 5.41 Å². The number of amides is 1. The van der Waals surface area contributed by atoms with Gasteiger partial charge in [-0.15, -0.1) is 0 Å². The summed E-state index contributed by atoms with van der Waals surface area (Å²) in [7, 11) is 0. The van der Waals surface area contributed by atoms with Crippen LogP contribution in [0.5, 0.6) is 0 Å². The van der Waals surface area contributed by atoms with Crippen LogP contribution >= 0.6 is 0 Å². The molecule has 0 aliphatic carbocycles. The van der Waals surface area contributed by atoms with Crippen LogP contribution in [0.2, 0.25) is 0 Å². The van der Waals surface area contributed by atoms with Crippen LogP contribution in [0.25, 0.3) is 11.3 Å². The molecule has 3 heterocycles. The molecule has 1 fully saturated rings. The second-order valence-electron chi connectivity index (χ2n) is 8.08. The SMILES string of the molecule is CC.CC(c1ccc(F)cc1F)C1(C#N)CCN(C(=O)c2cccnc2-c2ccncc2)CC1. The molecule has 0 N–H and O–H groups in total. The standard InChI is InChI=1S/C25H22F2N4O.C2H6/c1-17(20-5-4-19(26)15-22(20)27)25(16-28)8-13-31(14-9-25)24(32)21-3-2-10-30-23(21)18-6-11-29-12-7-18;1-2/h2-7,10-12,15,17H,8-9,13-14H2,1H3;1-2H3. The number of carbonyl (C=O) groups excluding carboxylic acids is 1. The van der Waals surface area contributed by atoms with E-state index >= 15 is 0 Å². The van der Waals surface area contributed by atoms with Crippen molar-refractivity contribution in [1.82, 2.24) is 14.9 Å². The van der Waals surface area contributed by atoms with Gasteiger partial charge in [-0.1, -0.05) is 26.8 Å². The first-order valence-electron chi connectivity index (χ1n) is 11.5. The van der Waals surface area contributed by atoms with Gasteiger partial charge in [0.2, 0.25) is 0 Å². The summed E-state index contributed by atoms with van der Waals surface area (Å²) < 4.78 is 27.7. The minimum Gasteiger partial charge on any atom is -0.338 e. The van der Waals surface area contributed by atoms with Gasteiger partial charge >= 0.3 is 0 Å². The van der Waals surface area contributed by atoms with E-state index in [0.29, 0.717) is 42.8 Å². The quantitative estimate of drug-likeness (QED) is 0.477. The maximum absolute atomic E-state index is 14.4. The second kappa shape index (κ2) is 11.0. The fourth-order valence-electron chi connectivity index (χ4n) is 4.39. The van der Waals surface area contributed by atoms with Crippen LogP contribution in [-0.2, 0) is 0 Å². The highest BCUT2D eigenvalue weighted by atomic mass is 19.1. The first-order valence-corrected chi connectivity index (χ1v) is 11.5. The van der Waals surface area contributed by atoms with Crippen LogP contribution in [0.15, 0.2) is 61.1 Å². The molecule has 1 aromatic carbocycles. The first-order chi connectivity index (χ1) is 16.4. The number of aromatic nitrogens is 2. The largest absolute Gasteiger partial charge is 0.338 e. The van der Waals surface area contributed by atoms with Gasteiger partial charge < -0.3 is 4.90 Å². The lowest BCUT2D eigenvalue weighted by Crippen LogP contribution is -2.44. The third kappa shape index (κ3) is 4.96. The predicted octanol–water partition coefficient (Wildman–Crippen LogP) is 6.00. The van der Waals surface area contributed by atoms with E-state index in [1.54, 1.807) is 54.7 Å². The molecule has 0 radical (unpaired) electrons. The first kappa shape index (κ1) is 25.0. The lowest BCUT2D eigenvalue weighted by molar-refractivity contribution is 0.0622. The summed E-state index contributed by atoms with van der Waals surface area (Å²) in [6.45, 7) is 6.52. The van der Waals surface area contributed by atoms with E-state index in [2.05, 4.69) is 16.0 Å². The molecule has 1 amide bonds. The zero-order chi connectivity index (χ0) is 24.7. The molecule has 4 rings (SSSR count). The Kier molecular flexibility index (Phi) is 8.06. The molecule has 0 spiro atoms. The zero-order valence-electron chi connectivity index (χ0n) is 19.6. The van der Waals surface area contributed by atoms with Gasteiger partial charge in [0.1, 0.15) is 11.6 Å². The number of halogens is 2. The highest BCUT2D eigenvalue weighted by Crippen LogP contribution is 2.45. The van der Waals surface area contributed by atoms with E-state index in [1.807, 2.05) is 13.8 Å².